The van der Waals surface area contributed by atoms with Crippen LogP contribution < -0.4 is 14.8 Å². The number of fused-ring (bicyclic) bond motifs is 3. The van der Waals surface area contributed by atoms with Gasteiger partial charge in [-0.1, -0.05) is 49.6 Å². The van der Waals surface area contributed by atoms with Gasteiger partial charge in [0.1, 0.15) is 12.2 Å². The molecule has 2 aliphatic carbocycles. The average molecular weight is 565 g/mol. The van der Waals surface area contributed by atoms with E-state index in [1.54, 1.807) is 23.1 Å². The number of hydrogen-bond acceptors (Lipinski definition) is 7. The van der Waals surface area contributed by atoms with Crippen LogP contribution in [-0.4, -0.2) is 77.1 Å². The molecule has 0 saturated heterocycles. The first-order valence-corrected chi connectivity index (χ1v) is 14.6. The van der Waals surface area contributed by atoms with Crippen LogP contribution in [0, 0.1) is 5.92 Å². The Kier molecular flexibility index (Phi) is 9.27. The normalized spacial score (nSPS) is 23.6. The molecule has 0 aromatic heterocycles. The summed E-state index contributed by atoms with van der Waals surface area (Å²) in [6, 6.07) is 12.2. The zero-order valence-electron chi connectivity index (χ0n) is 23.5. The van der Waals surface area contributed by atoms with E-state index in [1.165, 1.54) is 13.5 Å². The number of nitrogens with one attached hydrogen (secondary N) is 1. The van der Waals surface area contributed by atoms with E-state index < -0.39 is 30.1 Å². The Labute approximate surface area is 240 Å². The van der Waals surface area contributed by atoms with Crippen LogP contribution >= 0.6 is 0 Å². The van der Waals surface area contributed by atoms with Gasteiger partial charge in [-0.3, -0.25) is 9.59 Å². The Morgan fingerprint density at radius 3 is 2.51 bits per heavy atom. The molecule has 2 amide bonds. The topological polar surface area (TPSA) is 129 Å². The number of ether oxygens (including phenoxy) is 2. The minimum absolute atomic E-state index is 0.0627. The van der Waals surface area contributed by atoms with Crippen molar-refractivity contribution in [2.45, 2.75) is 69.3 Å². The van der Waals surface area contributed by atoms with Crippen molar-refractivity contribution in [2.24, 2.45) is 5.92 Å². The summed E-state index contributed by atoms with van der Waals surface area (Å²) in [4.78, 5) is 29.2. The molecule has 2 aromatic carbocycles. The van der Waals surface area contributed by atoms with Crippen LogP contribution in [0.5, 0.6) is 11.5 Å². The minimum atomic E-state index is -1.12. The van der Waals surface area contributed by atoms with Crippen molar-refractivity contribution in [1.29, 1.82) is 0 Å². The Hall–Kier alpha value is -3.40. The molecule has 0 spiro atoms. The molecule has 0 bridgehead atoms. The fourth-order valence-corrected chi connectivity index (χ4v) is 6.53. The van der Waals surface area contributed by atoms with E-state index >= 15 is 0 Å². The lowest BCUT2D eigenvalue weighted by Crippen LogP contribution is -2.57. The molecule has 9 nitrogen and oxygen atoms in total. The largest absolute Gasteiger partial charge is 0.493 e. The SMILES string of the molecule is COc1cc(CO)cc2c1O[C@@H]1[C@@H](O)[C@H](N(CC3CCCCC3)C(=O)Cc3ccccc3)C=C(C(=O)NCCO)[C@H]21. The molecule has 2 aromatic rings. The maximum absolute atomic E-state index is 13.9. The summed E-state index contributed by atoms with van der Waals surface area (Å²) in [6.45, 7) is 0.0915. The fraction of sp³-hybridized carbons (Fsp3) is 0.500. The highest BCUT2D eigenvalue weighted by Gasteiger charge is 2.51. The number of carbonyl (C=O) groups is 2. The lowest BCUT2D eigenvalue weighted by atomic mass is 9.76. The van der Waals surface area contributed by atoms with Crippen LogP contribution in [-0.2, 0) is 22.6 Å². The van der Waals surface area contributed by atoms with Crippen LogP contribution in [0.2, 0.25) is 0 Å². The van der Waals surface area contributed by atoms with E-state index in [0.717, 1.165) is 31.2 Å². The number of rotatable bonds is 10. The smallest absolute Gasteiger partial charge is 0.247 e. The molecule has 41 heavy (non-hydrogen) atoms. The second-order valence-corrected chi connectivity index (χ2v) is 11.2. The summed E-state index contributed by atoms with van der Waals surface area (Å²) in [5, 5.41) is 33.9. The van der Waals surface area contributed by atoms with E-state index in [1.807, 2.05) is 30.3 Å². The Balaban J connectivity index is 1.55. The molecule has 1 fully saturated rings. The zero-order chi connectivity index (χ0) is 28.9. The Morgan fingerprint density at radius 1 is 1.07 bits per heavy atom. The molecule has 9 heteroatoms. The molecule has 3 aliphatic rings. The van der Waals surface area contributed by atoms with Crippen molar-refractivity contribution in [3.63, 3.8) is 0 Å². The van der Waals surface area contributed by atoms with Crippen LogP contribution in [0.4, 0.5) is 0 Å². The van der Waals surface area contributed by atoms with Gasteiger partial charge in [-0.15, -0.1) is 0 Å². The summed E-state index contributed by atoms with van der Waals surface area (Å²) >= 11 is 0. The molecular formula is C32H40N2O7. The van der Waals surface area contributed by atoms with Gasteiger partial charge in [0.15, 0.2) is 11.5 Å². The van der Waals surface area contributed by atoms with Gasteiger partial charge >= 0.3 is 0 Å². The Morgan fingerprint density at radius 2 is 1.83 bits per heavy atom. The van der Waals surface area contributed by atoms with E-state index in [-0.39, 0.29) is 32.1 Å². The molecule has 5 rings (SSSR count). The highest BCUT2D eigenvalue weighted by atomic mass is 16.5. The first-order valence-electron chi connectivity index (χ1n) is 14.6. The van der Waals surface area contributed by atoms with Gasteiger partial charge in [0.05, 0.1) is 38.7 Å². The minimum Gasteiger partial charge on any atom is -0.493 e. The first-order chi connectivity index (χ1) is 19.9. The van der Waals surface area contributed by atoms with Crippen molar-refractivity contribution in [3.8, 4) is 11.5 Å². The molecule has 0 radical (unpaired) electrons. The second-order valence-electron chi connectivity index (χ2n) is 11.2. The van der Waals surface area contributed by atoms with Crippen LogP contribution in [0.25, 0.3) is 0 Å². The standard InChI is InChI=1S/C32H40N2O7/c1-40-26-15-22(19-36)14-23-28-24(32(39)33-12-13-35)17-25(29(38)31(28)41-30(23)26)34(18-21-10-6-3-7-11-21)27(37)16-20-8-4-2-5-9-20/h2,4-5,8-9,14-15,17,21,25,28-29,31,35-36,38H,3,6-7,10-13,16,18-19H2,1H3,(H,33,39)/t25-,28+,29+,31+/m1/s1. The van der Waals surface area contributed by atoms with E-state index in [4.69, 9.17) is 9.47 Å². The molecule has 1 aliphatic heterocycles. The second kappa shape index (κ2) is 13.1. The molecule has 4 atom stereocenters. The van der Waals surface area contributed by atoms with Gasteiger partial charge in [-0.05, 0) is 48.1 Å². The number of benzene rings is 2. The molecule has 1 saturated carbocycles. The van der Waals surface area contributed by atoms with Gasteiger partial charge in [0, 0.05) is 24.2 Å². The predicted octanol–water partition coefficient (Wildman–Crippen LogP) is 2.46. The van der Waals surface area contributed by atoms with Crippen molar-refractivity contribution >= 4 is 11.8 Å². The Bertz CT molecular complexity index is 1260. The van der Waals surface area contributed by atoms with Crippen LogP contribution in [0.3, 0.4) is 0 Å². The summed E-state index contributed by atoms with van der Waals surface area (Å²) in [6.07, 6.45) is 5.35. The third-order valence-corrected chi connectivity index (χ3v) is 8.55. The number of nitrogens with zero attached hydrogens (tertiary/aromatic N) is 1. The predicted molar refractivity (Wildman–Crippen MR) is 152 cm³/mol. The number of hydrogen-bond donors (Lipinski definition) is 4. The molecule has 4 N–H and O–H groups in total. The molecule has 1 heterocycles. The van der Waals surface area contributed by atoms with Crippen molar-refractivity contribution in [3.05, 3.63) is 70.8 Å². The van der Waals surface area contributed by atoms with E-state index in [9.17, 15) is 24.9 Å². The monoisotopic (exact) mass is 564 g/mol. The highest BCUT2D eigenvalue weighted by Crippen LogP contribution is 2.51. The maximum Gasteiger partial charge on any atom is 0.247 e. The van der Waals surface area contributed by atoms with Gasteiger partial charge in [0.2, 0.25) is 11.8 Å². The van der Waals surface area contributed by atoms with Gasteiger partial charge in [-0.2, -0.15) is 0 Å². The van der Waals surface area contributed by atoms with Gasteiger partial charge in [0.25, 0.3) is 0 Å². The summed E-state index contributed by atoms with van der Waals surface area (Å²) in [7, 11) is 1.50. The van der Waals surface area contributed by atoms with Crippen LogP contribution in [0.15, 0.2) is 54.1 Å². The first kappa shape index (κ1) is 29.1. The van der Waals surface area contributed by atoms with E-state index in [2.05, 4.69) is 5.32 Å². The summed E-state index contributed by atoms with van der Waals surface area (Å²) < 4.78 is 11.9. The third kappa shape index (κ3) is 6.12. The van der Waals surface area contributed by atoms with Gasteiger partial charge < -0.3 is 35.0 Å². The zero-order valence-corrected chi connectivity index (χ0v) is 23.5. The number of amides is 2. The van der Waals surface area contributed by atoms with Crippen molar-refractivity contribution in [2.75, 3.05) is 26.8 Å². The molecular weight excluding hydrogens is 524 g/mol. The van der Waals surface area contributed by atoms with Crippen LogP contribution in [0.1, 0.15) is 54.7 Å². The lowest BCUT2D eigenvalue weighted by Gasteiger charge is -2.42. The third-order valence-electron chi connectivity index (χ3n) is 8.55. The van der Waals surface area contributed by atoms with Crippen molar-refractivity contribution < 1.29 is 34.4 Å². The lowest BCUT2D eigenvalue weighted by molar-refractivity contribution is -0.137. The number of aliphatic hydroxyl groups is 3. The van der Waals surface area contributed by atoms with E-state index in [0.29, 0.717) is 40.7 Å². The maximum atomic E-state index is 13.9. The number of aliphatic hydroxyl groups excluding tert-OH is 3. The average Bonchev–Trinajstić information content (AvgIpc) is 3.39. The van der Waals surface area contributed by atoms with Crippen molar-refractivity contribution in [1.82, 2.24) is 10.2 Å². The summed E-state index contributed by atoms with van der Waals surface area (Å²) in [5.41, 5.74) is 2.46. The van der Waals surface area contributed by atoms with Gasteiger partial charge in [-0.25, -0.2) is 0 Å². The quantitative estimate of drug-likeness (QED) is 0.349. The summed E-state index contributed by atoms with van der Waals surface area (Å²) in [5.74, 6) is -0.0395. The molecule has 0 unspecified atom stereocenters. The highest BCUT2D eigenvalue weighted by molar-refractivity contribution is 5.96. The fourth-order valence-electron chi connectivity index (χ4n) is 6.53. The molecule has 220 valence electrons. The number of methoxy groups -OCH3 is 1. The number of carbonyl (C=O) groups excluding carboxylic acids is 2.